The SMILES string of the molecule is CC(C)(C)OC(=O)[C@H](N)CCS. The molecule has 0 amide bonds. The van der Waals surface area contributed by atoms with E-state index >= 15 is 0 Å². The number of hydrogen-bond acceptors (Lipinski definition) is 4. The lowest BCUT2D eigenvalue weighted by molar-refractivity contribution is -0.156. The predicted molar refractivity (Wildman–Crippen MR) is 52.3 cm³/mol. The number of carbonyl (C=O) groups excluding carboxylic acids is 1. The van der Waals surface area contributed by atoms with Crippen molar-refractivity contribution in [1.82, 2.24) is 0 Å². The Balaban J connectivity index is 3.87. The third-order valence-electron chi connectivity index (χ3n) is 1.15. The van der Waals surface area contributed by atoms with Gasteiger partial charge in [-0.25, -0.2) is 0 Å². The molecule has 3 nitrogen and oxygen atoms in total. The van der Waals surface area contributed by atoms with Crippen LogP contribution in [-0.4, -0.2) is 23.4 Å². The first-order valence-corrected chi connectivity index (χ1v) is 4.59. The first kappa shape index (κ1) is 11.8. The first-order chi connectivity index (χ1) is 5.37. The Morgan fingerprint density at radius 3 is 2.42 bits per heavy atom. The number of nitrogens with two attached hydrogens (primary N) is 1. The van der Waals surface area contributed by atoms with Gasteiger partial charge in [0, 0.05) is 0 Å². The van der Waals surface area contributed by atoms with Gasteiger partial charge < -0.3 is 10.5 Å². The molecule has 0 saturated heterocycles. The van der Waals surface area contributed by atoms with Gasteiger partial charge in [0.05, 0.1) is 0 Å². The summed E-state index contributed by atoms with van der Waals surface area (Å²) in [6.45, 7) is 5.45. The Kier molecular flexibility index (Phi) is 4.63. The molecular formula is C8H17NO2S. The molecule has 0 spiro atoms. The van der Waals surface area contributed by atoms with Gasteiger partial charge >= 0.3 is 5.97 Å². The van der Waals surface area contributed by atoms with Gasteiger partial charge in [0.15, 0.2) is 0 Å². The van der Waals surface area contributed by atoms with E-state index in [9.17, 15) is 4.79 Å². The highest BCUT2D eigenvalue weighted by molar-refractivity contribution is 7.80. The molecule has 72 valence electrons. The molecule has 0 aliphatic carbocycles. The molecule has 1 atom stereocenters. The Labute approximate surface area is 79.1 Å². The zero-order valence-corrected chi connectivity index (χ0v) is 8.73. The van der Waals surface area contributed by atoms with Crippen LogP contribution < -0.4 is 5.73 Å². The predicted octanol–water partition coefficient (Wildman–Crippen LogP) is 0.975. The van der Waals surface area contributed by atoms with Crippen LogP contribution in [0, 0.1) is 0 Å². The third kappa shape index (κ3) is 5.43. The molecule has 0 aromatic rings. The van der Waals surface area contributed by atoms with Gasteiger partial charge in [-0.2, -0.15) is 12.6 Å². The van der Waals surface area contributed by atoms with Crippen molar-refractivity contribution in [2.75, 3.05) is 5.75 Å². The second-order valence-corrected chi connectivity index (χ2v) is 4.10. The van der Waals surface area contributed by atoms with E-state index in [-0.39, 0.29) is 5.97 Å². The Bertz CT molecular complexity index is 154. The summed E-state index contributed by atoms with van der Waals surface area (Å²) in [5.74, 6) is 0.247. The summed E-state index contributed by atoms with van der Waals surface area (Å²) in [4.78, 5) is 11.2. The van der Waals surface area contributed by atoms with Crippen LogP contribution in [0.2, 0.25) is 0 Å². The van der Waals surface area contributed by atoms with Gasteiger partial charge in [0.25, 0.3) is 0 Å². The van der Waals surface area contributed by atoms with E-state index in [0.29, 0.717) is 12.2 Å². The smallest absolute Gasteiger partial charge is 0.323 e. The minimum Gasteiger partial charge on any atom is -0.459 e. The normalized spacial score (nSPS) is 14.1. The van der Waals surface area contributed by atoms with Crippen molar-refractivity contribution in [3.8, 4) is 0 Å². The monoisotopic (exact) mass is 191 g/mol. The van der Waals surface area contributed by atoms with E-state index in [2.05, 4.69) is 12.6 Å². The van der Waals surface area contributed by atoms with Crippen LogP contribution in [-0.2, 0) is 9.53 Å². The fourth-order valence-electron chi connectivity index (χ4n) is 0.634. The molecule has 0 aliphatic rings. The highest BCUT2D eigenvalue weighted by Crippen LogP contribution is 2.08. The van der Waals surface area contributed by atoms with E-state index in [1.165, 1.54) is 0 Å². The maximum Gasteiger partial charge on any atom is 0.323 e. The minimum absolute atomic E-state index is 0.350. The second kappa shape index (κ2) is 4.72. The number of rotatable bonds is 3. The highest BCUT2D eigenvalue weighted by Gasteiger charge is 2.21. The van der Waals surface area contributed by atoms with Crippen molar-refractivity contribution in [3.05, 3.63) is 0 Å². The fourth-order valence-corrected chi connectivity index (χ4v) is 0.913. The third-order valence-corrected chi connectivity index (χ3v) is 1.41. The average molecular weight is 191 g/mol. The van der Waals surface area contributed by atoms with Crippen LogP contribution in [0.4, 0.5) is 0 Å². The van der Waals surface area contributed by atoms with E-state index in [1.54, 1.807) is 0 Å². The van der Waals surface area contributed by atoms with Gasteiger partial charge in [-0.05, 0) is 32.9 Å². The van der Waals surface area contributed by atoms with Gasteiger partial charge in [-0.3, -0.25) is 4.79 Å². The number of carbonyl (C=O) groups is 1. The van der Waals surface area contributed by atoms with Crippen LogP contribution in [0.25, 0.3) is 0 Å². The van der Waals surface area contributed by atoms with Gasteiger partial charge in [-0.1, -0.05) is 0 Å². The maximum atomic E-state index is 11.2. The standard InChI is InChI=1S/C8H17NO2S/c1-8(2,3)11-7(10)6(9)4-5-12/h6,12H,4-5,9H2,1-3H3/t6-/m1/s1. The summed E-state index contributed by atoms with van der Waals surface area (Å²) in [5, 5.41) is 0. The number of ether oxygens (including phenoxy) is 1. The molecular weight excluding hydrogens is 174 g/mol. The van der Waals surface area contributed by atoms with Crippen molar-refractivity contribution in [1.29, 1.82) is 0 Å². The summed E-state index contributed by atoms with van der Waals surface area (Å²) >= 11 is 3.98. The van der Waals surface area contributed by atoms with Crippen molar-refractivity contribution in [3.63, 3.8) is 0 Å². The summed E-state index contributed by atoms with van der Waals surface area (Å²) in [6.07, 6.45) is 0.554. The molecule has 0 heterocycles. The van der Waals surface area contributed by atoms with Crippen LogP contribution in [0.5, 0.6) is 0 Å². The molecule has 0 fully saturated rings. The van der Waals surface area contributed by atoms with Crippen molar-refractivity contribution in [2.24, 2.45) is 5.73 Å². The second-order valence-electron chi connectivity index (χ2n) is 3.65. The topological polar surface area (TPSA) is 52.3 Å². The lowest BCUT2D eigenvalue weighted by Gasteiger charge is -2.21. The molecule has 2 N–H and O–H groups in total. The summed E-state index contributed by atoms with van der Waals surface area (Å²) in [6, 6.07) is -0.540. The van der Waals surface area contributed by atoms with Crippen LogP contribution in [0.15, 0.2) is 0 Å². The van der Waals surface area contributed by atoms with Gasteiger partial charge in [0.2, 0.25) is 0 Å². The molecule has 0 saturated carbocycles. The molecule has 0 aromatic heterocycles. The van der Waals surface area contributed by atoms with Crippen LogP contribution in [0.3, 0.4) is 0 Å². The summed E-state index contributed by atoms with van der Waals surface area (Å²) < 4.78 is 5.05. The molecule has 0 unspecified atom stereocenters. The maximum absolute atomic E-state index is 11.2. The van der Waals surface area contributed by atoms with Crippen molar-refractivity contribution in [2.45, 2.75) is 38.8 Å². The molecule has 0 aromatic carbocycles. The lowest BCUT2D eigenvalue weighted by Crippen LogP contribution is -2.37. The van der Waals surface area contributed by atoms with Gasteiger partial charge in [-0.15, -0.1) is 0 Å². The van der Waals surface area contributed by atoms with Crippen LogP contribution >= 0.6 is 12.6 Å². The first-order valence-electron chi connectivity index (χ1n) is 3.96. The largest absolute Gasteiger partial charge is 0.459 e. The molecule has 0 bridgehead atoms. The molecule has 0 radical (unpaired) electrons. The highest BCUT2D eigenvalue weighted by atomic mass is 32.1. The molecule has 0 rings (SSSR count). The van der Waals surface area contributed by atoms with Crippen LogP contribution in [0.1, 0.15) is 27.2 Å². The number of esters is 1. The Morgan fingerprint density at radius 1 is 1.58 bits per heavy atom. The van der Waals surface area contributed by atoms with Gasteiger partial charge in [0.1, 0.15) is 11.6 Å². The van der Waals surface area contributed by atoms with E-state index < -0.39 is 11.6 Å². The molecule has 12 heavy (non-hydrogen) atoms. The van der Waals surface area contributed by atoms with E-state index in [1.807, 2.05) is 20.8 Å². The zero-order valence-electron chi connectivity index (χ0n) is 7.83. The van der Waals surface area contributed by atoms with E-state index in [0.717, 1.165) is 0 Å². The summed E-state index contributed by atoms with van der Waals surface area (Å²) in [5.41, 5.74) is 5.06. The minimum atomic E-state index is -0.540. The lowest BCUT2D eigenvalue weighted by atomic mass is 10.2. The fraction of sp³-hybridized carbons (Fsp3) is 0.875. The number of thiol groups is 1. The summed E-state index contributed by atoms with van der Waals surface area (Å²) in [7, 11) is 0. The Hall–Kier alpha value is -0.220. The van der Waals surface area contributed by atoms with E-state index in [4.69, 9.17) is 10.5 Å². The average Bonchev–Trinajstić information content (AvgIpc) is 1.84. The number of hydrogen-bond donors (Lipinski definition) is 2. The van der Waals surface area contributed by atoms with Crippen molar-refractivity contribution >= 4 is 18.6 Å². The Morgan fingerprint density at radius 2 is 2.08 bits per heavy atom. The quantitative estimate of drug-likeness (QED) is 0.516. The zero-order chi connectivity index (χ0) is 9.78. The molecule has 0 aliphatic heterocycles. The van der Waals surface area contributed by atoms with Crippen molar-refractivity contribution < 1.29 is 9.53 Å². The molecule has 4 heteroatoms.